The van der Waals surface area contributed by atoms with Crippen LogP contribution < -0.4 is 0 Å². The van der Waals surface area contributed by atoms with Crippen LogP contribution in [0.25, 0.3) is 0 Å². The molecule has 6 heteroatoms. The van der Waals surface area contributed by atoms with Gasteiger partial charge in [-0.3, -0.25) is 9.69 Å². The molecule has 1 N–H and O–H groups in total. The van der Waals surface area contributed by atoms with Gasteiger partial charge in [-0.15, -0.1) is 0 Å². The summed E-state index contributed by atoms with van der Waals surface area (Å²) in [6, 6.07) is -0.182. The van der Waals surface area contributed by atoms with Crippen LogP contribution >= 0.6 is 0 Å². The van der Waals surface area contributed by atoms with Gasteiger partial charge in [0.15, 0.2) is 0 Å². The van der Waals surface area contributed by atoms with Gasteiger partial charge >= 0.3 is 12.0 Å². The van der Waals surface area contributed by atoms with Crippen molar-refractivity contribution in [1.29, 1.82) is 0 Å². The maximum Gasteiger partial charge on any atom is 0.323 e. The molecule has 1 aliphatic heterocycles. The van der Waals surface area contributed by atoms with E-state index in [4.69, 9.17) is 5.11 Å². The first-order chi connectivity index (χ1) is 9.43. The van der Waals surface area contributed by atoms with Crippen molar-refractivity contribution < 1.29 is 14.7 Å². The molecule has 1 aliphatic rings. The minimum atomic E-state index is -0.980. The summed E-state index contributed by atoms with van der Waals surface area (Å²) in [7, 11) is 0. The summed E-state index contributed by atoms with van der Waals surface area (Å²) in [6.45, 7) is 14.7. The highest BCUT2D eigenvalue weighted by Gasteiger charge is 2.34. The van der Waals surface area contributed by atoms with Gasteiger partial charge in [0.05, 0.1) is 0 Å². The van der Waals surface area contributed by atoms with Crippen LogP contribution in [0.4, 0.5) is 4.79 Å². The van der Waals surface area contributed by atoms with Crippen LogP contribution in [0.1, 0.15) is 41.5 Å². The Balaban J connectivity index is 2.72. The number of urea groups is 1. The van der Waals surface area contributed by atoms with E-state index in [1.54, 1.807) is 4.90 Å². The van der Waals surface area contributed by atoms with Crippen molar-refractivity contribution in [2.45, 2.75) is 52.6 Å². The number of aliphatic carboxylic acids is 1. The topological polar surface area (TPSA) is 64.1 Å². The molecule has 122 valence electrons. The van der Waals surface area contributed by atoms with Crippen LogP contribution in [0.5, 0.6) is 0 Å². The maximum atomic E-state index is 12.6. The van der Waals surface area contributed by atoms with Gasteiger partial charge in [-0.25, -0.2) is 4.79 Å². The van der Waals surface area contributed by atoms with Gasteiger partial charge < -0.3 is 14.9 Å². The third-order valence-corrected chi connectivity index (χ3v) is 3.83. The van der Waals surface area contributed by atoms with Crippen LogP contribution in [0.15, 0.2) is 0 Å². The Morgan fingerprint density at radius 1 is 1.00 bits per heavy atom. The summed E-state index contributed by atoms with van der Waals surface area (Å²) in [5.41, 5.74) is -0.406. The van der Waals surface area contributed by atoms with Gasteiger partial charge in [0.2, 0.25) is 0 Å². The predicted octanol–water partition coefficient (Wildman–Crippen LogP) is 1.71. The second-order valence-corrected chi connectivity index (χ2v) is 7.58. The number of carboxylic acid groups (broad SMARTS) is 1. The molecular formula is C15H29N3O3. The molecule has 21 heavy (non-hydrogen) atoms. The van der Waals surface area contributed by atoms with Crippen LogP contribution in [-0.4, -0.2) is 75.6 Å². The third-order valence-electron chi connectivity index (χ3n) is 3.83. The van der Waals surface area contributed by atoms with Gasteiger partial charge in [-0.2, -0.15) is 0 Å². The molecule has 0 spiro atoms. The number of nitrogens with zero attached hydrogens (tertiary/aromatic N) is 3. The van der Waals surface area contributed by atoms with E-state index in [0.29, 0.717) is 13.1 Å². The summed E-state index contributed by atoms with van der Waals surface area (Å²) >= 11 is 0. The van der Waals surface area contributed by atoms with E-state index in [1.165, 1.54) is 4.90 Å². The summed E-state index contributed by atoms with van der Waals surface area (Å²) in [5, 5.41) is 9.02. The highest BCUT2D eigenvalue weighted by Crippen LogP contribution is 2.19. The molecule has 0 bridgehead atoms. The van der Waals surface area contributed by atoms with E-state index < -0.39 is 11.5 Å². The first-order valence-electron chi connectivity index (χ1n) is 7.46. The number of piperazine rings is 1. The van der Waals surface area contributed by atoms with Gasteiger partial charge in [0.1, 0.15) is 6.54 Å². The minimum Gasteiger partial charge on any atom is -0.480 e. The normalized spacial score (nSPS) is 17.7. The second-order valence-electron chi connectivity index (χ2n) is 7.58. The number of carbonyl (C=O) groups excluding carboxylic acids is 1. The molecule has 1 fully saturated rings. The first-order valence-corrected chi connectivity index (χ1v) is 7.46. The molecule has 0 radical (unpaired) electrons. The van der Waals surface area contributed by atoms with E-state index in [-0.39, 0.29) is 18.1 Å². The number of rotatable bonds is 2. The molecule has 1 heterocycles. The lowest BCUT2D eigenvalue weighted by Gasteiger charge is -2.45. The SMILES string of the molecule is CC(C)(C)N1CCN(C(=O)N(CC(=O)O)C(C)(C)C)CC1. The summed E-state index contributed by atoms with van der Waals surface area (Å²) in [5.74, 6) is -0.980. The van der Waals surface area contributed by atoms with Crippen molar-refractivity contribution in [3.63, 3.8) is 0 Å². The fourth-order valence-electron chi connectivity index (χ4n) is 2.47. The fourth-order valence-corrected chi connectivity index (χ4v) is 2.47. The Kier molecular flexibility index (Phi) is 5.25. The molecule has 0 atom stereocenters. The minimum absolute atomic E-state index is 0.0971. The summed E-state index contributed by atoms with van der Waals surface area (Å²) in [6.07, 6.45) is 0. The van der Waals surface area contributed by atoms with Gasteiger partial charge in [-0.05, 0) is 41.5 Å². The summed E-state index contributed by atoms with van der Waals surface area (Å²) in [4.78, 5) is 29.1. The quantitative estimate of drug-likeness (QED) is 0.843. The largest absolute Gasteiger partial charge is 0.480 e. The van der Waals surface area contributed by atoms with Gasteiger partial charge in [0, 0.05) is 37.3 Å². The lowest BCUT2D eigenvalue weighted by atomic mass is 10.0. The van der Waals surface area contributed by atoms with Crippen molar-refractivity contribution in [3.8, 4) is 0 Å². The van der Waals surface area contributed by atoms with Crippen LogP contribution in [0.2, 0.25) is 0 Å². The highest BCUT2D eigenvalue weighted by molar-refractivity contribution is 5.81. The zero-order chi connectivity index (χ0) is 16.4. The van der Waals surface area contributed by atoms with Gasteiger partial charge in [-0.1, -0.05) is 0 Å². The Morgan fingerprint density at radius 3 is 1.81 bits per heavy atom. The molecule has 1 saturated heterocycles. The molecule has 0 saturated carbocycles. The van der Waals surface area contributed by atoms with Crippen LogP contribution in [0, 0.1) is 0 Å². The number of amides is 2. The molecule has 0 aliphatic carbocycles. The Bertz CT molecular complexity index is 388. The summed E-state index contributed by atoms with van der Waals surface area (Å²) < 4.78 is 0. The van der Waals surface area contributed by atoms with E-state index in [1.807, 2.05) is 20.8 Å². The molecule has 1 rings (SSSR count). The van der Waals surface area contributed by atoms with E-state index >= 15 is 0 Å². The van der Waals surface area contributed by atoms with E-state index in [2.05, 4.69) is 25.7 Å². The molecule has 0 aromatic heterocycles. The first kappa shape index (κ1) is 17.8. The van der Waals surface area contributed by atoms with Crippen molar-refractivity contribution in [2.24, 2.45) is 0 Å². The standard InChI is InChI=1S/C15H29N3O3/c1-14(2,3)17-9-7-16(8-10-17)13(21)18(11-12(19)20)15(4,5)6/h7-11H2,1-6H3,(H,19,20). The molecular weight excluding hydrogens is 270 g/mol. The van der Waals surface area contributed by atoms with Crippen LogP contribution in [-0.2, 0) is 4.79 Å². The van der Waals surface area contributed by atoms with E-state index in [0.717, 1.165) is 13.1 Å². The zero-order valence-corrected chi connectivity index (χ0v) is 14.1. The highest BCUT2D eigenvalue weighted by atomic mass is 16.4. The van der Waals surface area contributed by atoms with Crippen molar-refractivity contribution in [3.05, 3.63) is 0 Å². The predicted molar refractivity (Wildman–Crippen MR) is 82.4 cm³/mol. The smallest absolute Gasteiger partial charge is 0.323 e. The average molecular weight is 299 g/mol. The number of carboxylic acids is 1. The lowest BCUT2D eigenvalue weighted by Crippen LogP contribution is -2.60. The van der Waals surface area contributed by atoms with Crippen molar-refractivity contribution in [2.75, 3.05) is 32.7 Å². The number of hydrogen-bond acceptors (Lipinski definition) is 3. The van der Waals surface area contributed by atoms with Crippen molar-refractivity contribution >= 4 is 12.0 Å². The Labute approximate surface area is 127 Å². The third kappa shape index (κ3) is 4.88. The van der Waals surface area contributed by atoms with Gasteiger partial charge in [0.25, 0.3) is 0 Å². The monoisotopic (exact) mass is 299 g/mol. The fraction of sp³-hybridized carbons (Fsp3) is 0.867. The molecule has 6 nitrogen and oxygen atoms in total. The lowest BCUT2D eigenvalue weighted by molar-refractivity contribution is -0.138. The van der Waals surface area contributed by atoms with Crippen LogP contribution in [0.3, 0.4) is 0 Å². The van der Waals surface area contributed by atoms with Crippen molar-refractivity contribution in [1.82, 2.24) is 14.7 Å². The molecule has 0 aromatic rings. The molecule has 2 amide bonds. The Morgan fingerprint density at radius 2 is 1.48 bits per heavy atom. The maximum absolute atomic E-state index is 12.6. The zero-order valence-electron chi connectivity index (χ0n) is 14.1. The Hall–Kier alpha value is -1.30. The molecule has 0 aromatic carbocycles. The number of carbonyl (C=O) groups is 2. The average Bonchev–Trinajstić information content (AvgIpc) is 2.33. The van der Waals surface area contributed by atoms with E-state index in [9.17, 15) is 9.59 Å². The molecule has 0 unspecified atom stereocenters. The number of hydrogen-bond donors (Lipinski definition) is 1. The second kappa shape index (κ2) is 6.22.